The molecule has 2 rings (SSSR count). The number of nitrogen functional groups attached to an aromatic ring is 1. The van der Waals surface area contributed by atoms with E-state index < -0.39 is 0 Å². The molecule has 4 nitrogen and oxygen atoms in total. The number of aryl methyl sites for hydroxylation is 2. The fourth-order valence-corrected chi connectivity index (χ4v) is 2.13. The molecule has 0 saturated carbocycles. The van der Waals surface area contributed by atoms with Crippen LogP contribution < -0.4 is 5.73 Å². The molecule has 0 bridgehead atoms. The largest absolute Gasteiger partial charge is 0.398 e. The van der Waals surface area contributed by atoms with Crippen LogP contribution in [0, 0.1) is 0 Å². The van der Waals surface area contributed by atoms with Gasteiger partial charge in [0.15, 0.2) is 5.78 Å². The number of carbonyl (C=O) groups excluding carboxylic acids is 1. The van der Waals surface area contributed by atoms with E-state index in [-0.39, 0.29) is 5.78 Å². The summed E-state index contributed by atoms with van der Waals surface area (Å²) in [6.07, 6.45) is 1.81. The molecule has 0 aliphatic carbocycles. The monoisotopic (exact) mass is 257 g/mol. The molecule has 0 unspecified atom stereocenters. The van der Waals surface area contributed by atoms with Gasteiger partial charge in [-0.15, -0.1) is 0 Å². The standard InChI is InChI=1S/C15H19N3O/c1-4-11-8-12(5-2)18(17-11)13-6-7-14(10(3)19)15(16)9-13/h6-9H,4-5,16H2,1-3H3. The maximum absolute atomic E-state index is 11.4. The zero-order chi connectivity index (χ0) is 14.0. The molecule has 0 radical (unpaired) electrons. The lowest BCUT2D eigenvalue weighted by atomic mass is 10.1. The predicted molar refractivity (Wildman–Crippen MR) is 76.7 cm³/mol. The molecule has 1 aromatic heterocycles. The lowest BCUT2D eigenvalue weighted by Crippen LogP contribution is -2.05. The van der Waals surface area contributed by atoms with Crippen LogP contribution in [0.3, 0.4) is 0 Å². The zero-order valence-corrected chi connectivity index (χ0v) is 11.6. The molecule has 1 aromatic carbocycles. The van der Waals surface area contributed by atoms with Gasteiger partial charge in [-0.05, 0) is 44.0 Å². The van der Waals surface area contributed by atoms with Gasteiger partial charge in [0.2, 0.25) is 0 Å². The Bertz CT molecular complexity index is 614. The van der Waals surface area contributed by atoms with Gasteiger partial charge in [0, 0.05) is 16.9 Å². The van der Waals surface area contributed by atoms with Gasteiger partial charge in [-0.1, -0.05) is 13.8 Å². The van der Waals surface area contributed by atoms with Crippen molar-refractivity contribution in [1.29, 1.82) is 0 Å². The summed E-state index contributed by atoms with van der Waals surface area (Å²) in [6.45, 7) is 5.70. The fraction of sp³-hybridized carbons (Fsp3) is 0.333. The molecule has 0 fully saturated rings. The number of hydrogen-bond donors (Lipinski definition) is 1. The molecule has 2 N–H and O–H groups in total. The van der Waals surface area contributed by atoms with Crippen molar-refractivity contribution in [1.82, 2.24) is 9.78 Å². The highest BCUT2D eigenvalue weighted by Crippen LogP contribution is 2.20. The first-order chi connectivity index (χ1) is 9.06. The minimum Gasteiger partial charge on any atom is -0.398 e. The summed E-state index contributed by atoms with van der Waals surface area (Å²) in [5.74, 6) is -0.0190. The van der Waals surface area contributed by atoms with E-state index in [0.717, 1.165) is 29.9 Å². The second-order valence-electron chi connectivity index (χ2n) is 4.57. The maximum Gasteiger partial charge on any atom is 0.161 e. The van der Waals surface area contributed by atoms with E-state index in [2.05, 4.69) is 25.0 Å². The van der Waals surface area contributed by atoms with Gasteiger partial charge >= 0.3 is 0 Å². The summed E-state index contributed by atoms with van der Waals surface area (Å²) in [5, 5.41) is 4.56. The van der Waals surface area contributed by atoms with Crippen molar-refractivity contribution >= 4 is 11.5 Å². The molecule has 0 atom stereocenters. The first-order valence-electron chi connectivity index (χ1n) is 6.55. The first kappa shape index (κ1) is 13.3. The number of aromatic nitrogens is 2. The molecule has 2 aromatic rings. The Morgan fingerprint density at radius 3 is 2.53 bits per heavy atom. The predicted octanol–water partition coefficient (Wildman–Crippen LogP) is 2.78. The summed E-state index contributed by atoms with van der Waals surface area (Å²) in [4.78, 5) is 11.4. The number of nitrogens with two attached hydrogens (primary N) is 1. The molecular weight excluding hydrogens is 238 g/mol. The Hall–Kier alpha value is -2.10. The summed E-state index contributed by atoms with van der Waals surface area (Å²) in [5.41, 5.74) is 10.1. The second kappa shape index (κ2) is 5.26. The summed E-state index contributed by atoms with van der Waals surface area (Å²) >= 11 is 0. The topological polar surface area (TPSA) is 60.9 Å². The maximum atomic E-state index is 11.4. The van der Waals surface area contributed by atoms with Crippen molar-refractivity contribution in [3.63, 3.8) is 0 Å². The van der Waals surface area contributed by atoms with Crippen LogP contribution in [0.5, 0.6) is 0 Å². The van der Waals surface area contributed by atoms with Crippen LogP contribution >= 0.6 is 0 Å². The van der Waals surface area contributed by atoms with Crippen LogP contribution in [0.2, 0.25) is 0 Å². The van der Waals surface area contributed by atoms with E-state index in [9.17, 15) is 4.79 Å². The number of hydrogen-bond acceptors (Lipinski definition) is 3. The highest BCUT2D eigenvalue weighted by Gasteiger charge is 2.10. The number of Topliss-reactive ketones (excluding diaryl/α,β-unsaturated/α-hetero) is 1. The average molecular weight is 257 g/mol. The molecule has 1 heterocycles. The molecule has 0 amide bonds. The number of nitrogens with zero attached hydrogens (tertiary/aromatic N) is 2. The number of benzene rings is 1. The minimum atomic E-state index is -0.0190. The van der Waals surface area contributed by atoms with Crippen LogP contribution in [0.4, 0.5) is 5.69 Å². The van der Waals surface area contributed by atoms with E-state index in [1.54, 1.807) is 6.07 Å². The Morgan fingerprint density at radius 2 is 2.00 bits per heavy atom. The SMILES string of the molecule is CCc1cc(CC)n(-c2ccc(C(C)=O)c(N)c2)n1. The Kier molecular flexibility index (Phi) is 3.69. The third-order valence-electron chi connectivity index (χ3n) is 3.22. The minimum absolute atomic E-state index is 0.0190. The van der Waals surface area contributed by atoms with E-state index in [1.807, 2.05) is 16.8 Å². The smallest absolute Gasteiger partial charge is 0.161 e. The lowest BCUT2D eigenvalue weighted by Gasteiger charge is -2.09. The lowest BCUT2D eigenvalue weighted by molar-refractivity contribution is 0.101. The normalized spacial score (nSPS) is 10.7. The summed E-state index contributed by atoms with van der Waals surface area (Å²) in [6, 6.07) is 7.57. The summed E-state index contributed by atoms with van der Waals surface area (Å²) in [7, 11) is 0. The van der Waals surface area contributed by atoms with E-state index in [4.69, 9.17) is 5.73 Å². The van der Waals surface area contributed by atoms with Crippen LogP contribution in [-0.4, -0.2) is 15.6 Å². The average Bonchev–Trinajstić information content (AvgIpc) is 2.81. The summed E-state index contributed by atoms with van der Waals surface area (Å²) < 4.78 is 1.90. The first-order valence-corrected chi connectivity index (χ1v) is 6.55. The number of carbonyl (C=O) groups is 1. The van der Waals surface area contributed by atoms with Crippen molar-refractivity contribution in [2.45, 2.75) is 33.6 Å². The van der Waals surface area contributed by atoms with Gasteiger partial charge in [0.1, 0.15) is 0 Å². The molecule has 4 heteroatoms. The van der Waals surface area contributed by atoms with E-state index in [0.29, 0.717) is 11.3 Å². The third-order valence-corrected chi connectivity index (χ3v) is 3.22. The van der Waals surface area contributed by atoms with E-state index >= 15 is 0 Å². The van der Waals surface area contributed by atoms with Crippen molar-refractivity contribution in [3.05, 3.63) is 41.2 Å². The Labute approximate surface area is 113 Å². The van der Waals surface area contributed by atoms with Crippen molar-refractivity contribution < 1.29 is 4.79 Å². The van der Waals surface area contributed by atoms with Gasteiger partial charge in [-0.25, -0.2) is 4.68 Å². The van der Waals surface area contributed by atoms with Crippen LogP contribution in [0.15, 0.2) is 24.3 Å². The molecule has 0 aliphatic heterocycles. The molecule has 0 spiro atoms. The van der Waals surface area contributed by atoms with Crippen LogP contribution in [0.1, 0.15) is 42.5 Å². The fourth-order valence-electron chi connectivity index (χ4n) is 2.13. The van der Waals surface area contributed by atoms with Crippen LogP contribution in [-0.2, 0) is 12.8 Å². The van der Waals surface area contributed by atoms with Gasteiger partial charge in [0.25, 0.3) is 0 Å². The Balaban J connectivity index is 2.50. The van der Waals surface area contributed by atoms with Crippen molar-refractivity contribution in [2.24, 2.45) is 0 Å². The van der Waals surface area contributed by atoms with Crippen molar-refractivity contribution in [3.8, 4) is 5.69 Å². The Morgan fingerprint density at radius 1 is 1.26 bits per heavy atom. The third kappa shape index (κ3) is 2.52. The van der Waals surface area contributed by atoms with Gasteiger partial charge in [-0.2, -0.15) is 5.10 Å². The van der Waals surface area contributed by atoms with Crippen LogP contribution in [0.25, 0.3) is 5.69 Å². The number of anilines is 1. The van der Waals surface area contributed by atoms with Gasteiger partial charge in [0.05, 0.1) is 11.4 Å². The highest BCUT2D eigenvalue weighted by molar-refractivity contribution is 5.99. The van der Waals surface area contributed by atoms with Gasteiger partial charge in [-0.3, -0.25) is 4.79 Å². The van der Waals surface area contributed by atoms with Gasteiger partial charge < -0.3 is 5.73 Å². The van der Waals surface area contributed by atoms with E-state index in [1.165, 1.54) is 6.92 Å². The number of ketones is 1. The molecule has 19 heavy (non-hydrogen) atoms. The molecular formula is C15H19N3O. The molecule has 0 saturated heterocycles. The zero-order valence-electron chi connectivity index (χ0n) is 11.6. The second-order valence-corrected chi connectivity index (χ2v) is 4.57. The molecule has 100 valence electrons. The quantitative estimate of drug-likeness (QED) is 0.676. The van der Waals surface area contributed by atoms with Crippen molar-refractivity contribution in [2.75, 3.05) is 5.73 Å². The highest BCUT2D eigenvalue weighted by atomic mass is 16.1. The molecule has 0 aliphatic rings. The number of rotatable bonds is 4.